The minimum absolute atomic E-state index is 0.0116. The van der Waals surface area contributed by atoms with Crippen molar-refractivity contribution in [3.63, 3.8) is 0 Å². The van der Waals surface area contributed by atoms with E-state index in [9.17, 15) is 9.59 Å². The van der Waals surface area contributed by atoms with E-state index in [1.807, 2.05) is 24.3 Å². The van der Waals surface area contributed by atoms with E-state index in [-0.39, 0.29) is 17.7 Å². The van der Waals surface area contributed by atoms with E-state index in [1.54, 1.807) is 0 Å². The molecule has 2 N–H and O–H groups in total. The van der Waals surface area contributed by atoms with Gasteiger partial charge in [0, 0.05) is 11.7 Å². The summed E-state index contributed by atoms with van der Waals surface area (Å²) in [5.41, 5.74) is 1.28. The monoisotopic (exact) mass is 256 g/mol. The molecule has 1 heterocycles. The minimum atomic E-state index is -0.579. The van der Waals surface area contributed by atoms with Crippen LogP contribution in [0.25, 0.3) is 0 Å². The van der Waals surface area contributed by atoms with Crippen LogP contribution in [0, 0.1) is 5.92 Å². The maximum atomic E-state index is 12.2. The van der Waals surface area contributed by atoms with Crippen LogP contribution in [0.3, 0.4) is 0 Å². The minimum Gasteiger partial charge on any atom is -0.353 e. The Bertz CT molecular complexity index is 579. The first-order valence-electron chi connectivity index (χ1n) is 6.93. The lowest BCUT2D eigenvalue weighted by Crippen LogP contribution is -2.42. The Hall–Kier alpha value is -1.84. The van der Waals surface area contributed by atoms with E-state index >= 15 is 0 Å². The van der Waals surface area contributed by atoms with Crippen LogP contribution in [0.15, 0.2) is 24.3 Å². The largest absolute Gasteiger partial charge is 0.353 e. The molecule has 4 heteroatoms. The van der Waals surface area contributed by atoms with Gasteiger partial charge in [0.15, 0.2) is 0 Å². The van der Waals surface area contributed by atoms with E-state index in [4.69, 9.17) is 0 Å². The Morgan fingerprint density at radius 1 is 1.32 bits per heavy atom. The summed E-state index contributed by atoms with van der Waals surface area (Å²) in [5.74, 6) is -0.143. The molecule has 4 rings (SSSR count). The molecule has 3 aliphatic rings. The van der Waals surface area contributed by atoms with Crippen LogP contribution >= 0.6 is 0 Å². The number of anilines is 1. The molecule has 0 saturated heterocycles. The van der Waals surface area contributed by atoms with Gasteiger partial charge in [-0.05, 0) is 37.3 Å². The van der Waals surface area contributed by atoms with E-state index in [1.165, 1.54) is 6.42 Å². The van der Waals surface area contributed by atoms with Gasteiger partial charge in [0.25, 0.3) is 0 Å². The molecule has 2 amide bonds. The third-order valence-electron chi connectivity index (χ3n) is 4.79. The quantitative estimate of drug-likeness (QED) is 0.843. The Labute approximate surface area is 111 Å². The molecule has 2 aliphatic carbocycles. The number of amides is 2. The topological polar surface area (TPSA) is 58.2 Å². The van der Waals surface area contributed by atoms with Crippen LogP contribution in [0.1, 0.15) is 31.2 Å². The van der Waals surface area contributed by atoms with Crippen molar-refractivity contribution < 1.29 is 9.59 Å². The first-order chi connectivity index (χ1) is 9.22. The van der Waals surface area contributed by atoms with Gasteiger partial charge in [-0.15, -0.1) is 0 Å². The highest BCUT2D eigenvalue weighted by atomic mass is 16.2. The number of carbonyl (C=O) groups is 2. The van der Waals surface area contributed by atoms with Crippen molar-refractivity contribution in [2.24, 2.45) is 5.92 Å². The van der Waals surface area contributed by atoms with Crippen molar-refractivity contribution in [2.75, 3.05) is 5.32 Å². The molecule has 0 aromatic heterocycles. The molecule has 1 aromatic rings. The average Bonchev–Trinajstić information content (AvgIpc) is 3.04. The summed E-state index contributed by atoms with van der Waals surface area (Å²) in [4.78, 5) is 24.4. The van der Waals surface area contributed by atoms with Gasteiger partial charge >= 0.3 is 0 Å². The molecule has 0 bridgehead atoms. The molecule has 1 aliphatic heterocycles. The summed E-state index contributed by atoms with van der Waals surface area (Å²) in [5, 5.41) is 5.96. The second-order valence-electron chi connectivity index (χ2n) is 5.86. The van der Waals surface area contributed by atoms with Gasteiger partial charge < -0.3 is 10.6 Å². The zero-order valence-corrected chi connectivity index (χ0v) is 10.6. The molecule has 1 aromatic carbocycles. The number of nitrogens with one attached hydrogen (secondary N) is 2. The number of para-hydroxylation sites is 1. The van der Waals surface area contributed by atoms with Crippen molar-refractivity contribution >= 4 is 17.5 Å². The second-order valence-corrected chi connectivity index (χ2v) is 5.86. The smallest absolute Gasteiger partial charge is 0.235 e. The fourth-order valence-corrected chi connectivity index (χ4v) is 3.32. The fraction of sp³-hybridized carbons (Fsp3) is 0.467. The zero-order chi connectivity index (χ0) is 13.0. The maximum absolute atomic E-state index is 12.2. The highest BCUT2D eigenvalue weighted by Crippen LogP contribution is 2.60. The lowest BCUT2D eigenvalue weighted by Gasteiger charge is -2.26. The SMILES string of the molecule is O=C(NC1CCC1)C1CC12C(=O)Nc1ccccc12. The van der Waals surface area contributed by atoms with Gasteiger partial charge in [0.1, 0.15) is 0 Å². The predicted molar refractivity (Wildman–Crippen MR) is 70.6 cm³/mol. The fourth-order valence-electron chi connectivity index (χ4n) is 3.32. The van der Waals surface area contributed by atoms with Gasteiger partial charge in [-0.25, -0.2) is 0 Å². The lowest BCUT2D eigenvalue weighted by atomic mass is 9.91. The van der Waals surface area contributed by atoms with Gasteiger partial charge in [-0.1, -0.05) is 18.2 Å². The van der Waals surface area contributed by atoms with Gasteiger partial charge in [-0.2, -0.15) is 0 Å². The van der Waals surface area contributed by atoms with Crippen LogP contribution in [-0.4, -0.2) is 17.9 Å². The molecular weight excluding hydrogens is 240 g/mol. The Balaban J connectivity index is 1.59. The van der Waals surface area contributed by atoms with Crippen molar-refractivity contribution in [1.29, 1.82) is 0 Å². The Morgan fingerprint density at radius 2 is 2.11 bits per heavy atom. The summed E-state index contributed by atoms with van der Waals surface area (Å²) < 4.78 is 0. The van der Waals surface area contributed by atoms with Crippen LogP contribution in [0.5, 0.6) is 0 Å². The molecule has 1 spiro atoms. The van der Waals surface area contributed by atoms with Crippen molar-refractivity contribution in [3.8, 4) is 0 Å². The van der Waals surface area contributed by atoms with Gasteiger partial charge in [0.05, 0.1) is 11.3 Å². The molecule has 0 radical (unpaired) electrons. The van der Waals surface area contributed by atoms with Crippen LogP contribution < -0.4 is 10.6 Å². The third kappa shape index (κ3) is 1.40. The molecular formula is C15H16N2O2. The second kappa shape index (κ2) is 3.59. The van der Waals surface area contributed by atoms with Crippen molar-refractivity contribution in [1.82, 2.24) is 5.32 Å². The van der Waals surface area contributed by atoms with Gasteiger partial charge in [-0.3, -0.25) is 9.59 Å². The Morgan fingerprint density at radius 3 is 2.84 bits per heavy atom. The van der Waals surface area contributed by atoms with Crippen LogP contribution in [-0.2, 0) is 15.0 Å². The molecule has 2 unspecified atom stereocenters. The standard InChI is InChI=1S/C15H16N2O2/c18-13(16-9-4-3-5-9)11-8-15(11)10-6-1-2-7-12(10)17-14(15)19/h1-2,6-7,9,11H,3-5,8H2,(H,16,18)(H,17,19). The highest BCUT2D eigenvalue weighted by molar-refractivity contribution is 6.12. The molecule has 4 nitrogen and oxygen atoms in total. The first kappa shape index (κ1) is 11.0. The predicted octanol–water partition coefficient (Wildman–Crippen LogP) is 1.57. The van der Waals surface area contributed by atoms with E-state index < -0.39 is 5.41 Å². The summed E-state index contributed by atoms with van der Waals surface area (Å²) >= 11 is 0. The van der Waals surface area contributed by atoms with E-state index in [0.717, 1.165) is 24.1 Å². The zero-order valence-electron chi connectivity index (χ0n) is 10.6. The number of hydrogen-bond donors (Lipinski definition) is 2. The lowest BCUT2D eigenvalue weighted by molar-refractivity contribution is -0.126. The normalized spacial score (nSPS) is 31.6. The number of benzene rings is 1. The van der Waals surface area contributed by atoms with Gasteiger partial charge in [0.2, 0.25) is 11.8 Å². The number of hydrogen-bond acceptors (Lipinski definition) is 2. The molecule has 2 fully saturated rings. The van der Waals surface area contributed by atoms with Crippen LogP contribution in [0.4, 0.5) is 5.69 Å². The summed E-state index contributed by atoms with van der Waals surface area (Å²) in [6.07, 6.45) is 4.00. The van der Waals surface area contributed by atoms with Crippen molar-refractivity contribution in [3.05, 3.63) is 29.8 Å². The molecule has 2 atom stereocenters. The van der Waals surface area contributed by atoms with Crippen molar-refractivity contribution in [2.45, 2.75) is 37.1 Å². The third-order valence-corrected chi connectivity index (χ3v) is 4.79. The first-order valence-corrected chi connectivity index (χ1v) is 6.93. The number of rotatable bonds is 2. The molecule has 98 valence electrons. The molecule has 2 saturated carbocycles. The van der Waals surface area contributed by atoms with E-state index in [2.05, 4.69) is 10.6 Å². The average molecular weight is 256 g/mol. The number of fused-ring (bicyclic) bond motifs is 2. The summed E-state index contributed by atoms with van der Waals surface area (Å²) in [7, 11) is 0. The maximum Gasteiger partial charge on any atom is 0.235 e. The van der Waals surface area contributed by atoms with Crippen LogP contribution in [0.2, 0.25) is 0 Å². The summed E-state index contributed by atoms with van der Waals surface area (Å²) in [6.45, 7) is 0. The summed E-state index contributed by atoms with van der Waals surface area (Å²) in [6, 6.07) is 8.04. The number of carbonyl (C=O) groups excluding carboxylic acids is 2. The molecule has 19 heavy (non-hydrogen) atoms. The highest BCUT2D eigenvalue weighted by Gasteiger charge is 2.67. The Kier molecular flexibility index (Phi) is 2.08. The van der Waals surface area contributed by atoms with E-state index in [0.29, 0.717) is 12.5 Å².